The average molecular weight is 393 g/mol. The predicted octanol–water partition coefficient (Wildman–Crippen LogP) is 4.71. The Labute approximate surface area is 169 Å². The van der Waals surface area contributed by atoms with Crippen LogP contribution in [-0.2, 0) is 17.8 Å². The smallest absolute Gasteiger partial charge is 0.234 e. The van der Waals surface area contributed by atoms with Crippen LogP contribution in [0.3, 0.4) is 0 Å². The van der Waals surface area contributed by atoms with Crippen molar-refractivity contribution in [1.82, 2.24) is 14.8 Å². The number of carbonyl (C=O) groups is 1. The molecular weight excluding hydrogens is 368 g/mol. The molecule has 0 unspecified atom stereocenters. The lowest BCUT2D eigenvalue weighted by Gasteiger charge is -2.10. The van der Waals surface area contributed by atoms with Crippen LogP contribution in [-0.4, -0.2) is 26.4 Å². The van der Waals surface area contributed by atoms with Crippen molar-refractivity contribution in [2.45, 2.75) is 44.0 Å². The average Bonchev–Trinajstić information content (AvgIpc) is 2.96. The van der Waals surface area contributed by atoms with Gasteiger partial charge in [0.1, 0.15) is 5.82 Å². The summed E-state index contributed by atoms with van der Waals surface area (Å²) < 4.78 is 2.22. The predicted molar refractivity (Wildman–Crippen MR) is 114 cm³/mol. The van der Waals surface area contributed by atoms with Gasteiger partial charge in [-0.1, -0.05) is 36.8 Å². The van der Waals surface area contributed by atoms with Gasteiger partial charge < -0.3 is 9.88 Å². The number of hydrogen-bond acceptors (Lipinski definition) is 4. The van der Waals surface area contributed by atoms with E-state index in [2.05, 4.69) is 33.1 Å². The molecule has 144 valence electrons. The molecule has 5 nitrogen and oxygen atoms in total. The molecule has 0 fully saturated rings. The number of aryl methyl sites for hydroxylation is 2. The Morgan fingerprint density at radius 1 is 1.11 bits per heavy atom. The van der Waals surface area contributed by atoms with Gasteiger partial charge in [0.25, 0.3) is 0 Å². The number of nitrogens with one attached hydrogen (secondary N) is 1. The van der Waals surface area contributed by atoms with Gasteiger partial charge in [-0.05, 0) is 43.5 Å². The maximum absolute atomic E-state index is 12.4. The van der Waals surface area contributed by atoms with E-state index in [0.717, 1.165) is 47.2 Å². The number of carbonyl (C=O) groups excluding carboxylic acids is 1. The molecule has 1 aliphatic rings. The van der Waals surface area contributed by atoms with Crippen molar-refractivity contribution in [2.75, 3.05) is 11.1 Å². The van der Waals surface area contributed by atoms with Crippen LogP contribution in [0.1, 0.15) is 30.7 Å². The molecule has 1 aliphatic heterocycles. The molecule has 0 spiro atoms. The molecule has 0 radical (unpaired) electrons. The minimum Gasteiger partial charge on any atom is -0.325 e. The SMILES string of the molecule is Cc1ccccc1SCC(=O)Nc1cccc(-c2nnc3n2CCCCC3)c1. The van der Waals surface area contributed by atoms with E-state index in [1.54, 1.807) is 11.8 Å². The van der Waals surface area contributed by atoms with E-state index in [-0.39, 0.29) is 5.91 Å². The van der Waals surface area contributed by atoms with Crippen LogP contribution in [0.2, 0.25) is 0 Å². The highest BCUT2D eigenvalue weighted by molar-refractivity contribution is 8.00. The summed E-state index contributed by atoms with van der Waals surface area (Å²) in [6.45, 7) is 3.02. The Hall–Kier alpha value is -2.60. The number of nitrogens with zero attached hydrogens (tertiary/aromatic N) is 3. The normalized spacial score (nSPS) is 13.6. The summed E-state index contributed by atoms with van der Waals surface area (Å²) in [4.78, 5) is 13.5. The fourth-order valence-electron chi connectivity index (χ4n) is 3.49. The van der Waals surface area contributed by atoms with Gasteiger partial charge in [0.15, 0.2) is 5.82 Å². The molecule has 2 aromatic carbocycles. The third-order valence-corrected chi connectivity index (χ3v) is 6.14. The van der Waals surface area contributed by atoms with Crippen LogP contribution in [0.15, 0.2) is 53.4 Å². The van der Waals surface area contributed by atoms with E-state index < -0.39 is 0 Å². The zero-order valence-electron chi connectivity index (χ0n) is 16.0. The van der Waals surface area contributed by atoms with E-state index in [9.17, 15) is 4.79 Å². The van der Waals surface area contributed by atoms with Gasteiger partial charge in [-0.15, -0.1) is 22.0 Å². The van der Waals surface area contributed by atoms with Gasteiger partial charge in [-0.2, -0.15) is 0 Å². The van der Waals surface area contributed by atoms with Crippen molar-refractivity contribution in [2.24, 2.45) is 0 Å². The van der Waals surface area contributed by atoms with Crippen molar-refractivity contribution in [3.63, 3.8) is 0 Å². The van der Waals surface area contributed by atoms with E-state index in [1.165, 1.54) is 18.4 Å². The van der Waals surface area contributed by atoms with Crippen molar-refractivity contribution in [3.05, 3.63) is 59.9 Å². The minimum absolute atomic E-state index is 0.00882. The van der Waals surface area contributed by atoms with Crippen molar-refractivity contribution >= 4 is 23.4 Å². The summed E-state index contributed by atoms with van der Waals surface area (Å²) in [6, 6.07) is 16.0. The number of amides is 1. The second-order valence-corrected chi connectivity index (χ2v) is 8.10. The van der Waals surface area contributed by atoms with E-state index in [4.69, 9.17) is 0 Å². The minimum atomic E-state index is -0.00882. The molecule has 0 bridgehead atoms. The van der Waals surface area contributed by atoms with Gasteiger partial charge in [-0.25, -0.2) is 0 Å². The molecule has 0 saturated carbocycles. The van der Waals surface area contributed by atoms with Crippen LogP contribution in [0.25, 0.3) is 11.4 Å². The molecule has 1 amide bonds. The van der Waals surface area contributed by atoms with Gasteiger partial charge in [0.2, 0.25) is 5.91 Å². The molecular formula is C22H24N4OS. The Kier molecular flexibility index (Phi) is 5.76. The first-order chi connectivity index (χ1) is 13.7. The molecule has 6 heteroatoms. The van der Waals surface area contributed by atoms with E-state index in [0.29, 0.717) is 5.75 Å². The summed E-state index contributed by atoms with van der Waals surface area (Å²) in [5.74, 6) is 2.33. The second-order valence-electron chi connectivity index (χ2n) is 7.09. The molecule has 0 atom stereocenters. The largest absolute Gasteiger partial charge is 0.325 e. The molecule has 1 aromatic heterocycles. The number of fused-ring (bicyclic) bond motifs is 1. The van der Waals surface area contributed by atoms with Crippen molar-refractivity contribution in [3.8, 4) is 11.4 Å². The zero-order chi connectivity index (χ0) is 19.3. The summed E-state index contributed by atoms with van der Waals surface area (Å²) >= 11 is 1.56. The van der Waals surface area contributed by atoms with Crippen LogP contribution in [0.5, 0.6) is 0 Å². The summed E-state index contributed by atoms with van der Waals surface area (Å²) in [5, 5.41) is 11.8. The zero-order valence-corrected chi connectivity index (χ0v) is 16.8. The van der Waals surface area contributed by atoms with Crippen LogP contribution in [0, 0.1) is 6.92 Å². The summed E-state index contributed by atoms with van der Waals surface area (Å²) in [7, 11) is 0. The monoisotopic (exact) mass is 392 g/mol. The highest BCUT2D eigenvalue weighted by atomic mass is 32.2. The summed E-state index contributed by atoms with van der Waals surface area (Å²) in [6.07, 6.45) is 4.55. The highest BCUT2D eigenvalue weighted by Gasteiger charge is 2.16. The number of rotatable bonds is 5. The van der Waals surface area contributed by atoms with E-state index in [1.807, 2.05) is 42.5 Å². The lowest BCUT2D eigenvalue weighted by molar-refractivity contribution is -0.113. The van der Waals surface area contributed by atoms with Gasteiger partial charge in [-0.3, -0.25) is 4.79 Å². The van der Waals surface area contributed by atoms with Gasteiger partial charge in [0.05, 0.1) is 5.75 Å². The molecule has 2 heterocycles. The first-order valence-electron chi connectivity index (χ1n) is 9.71. The molecule has 4 rings (SSSR count). The quantitative estimate of drug-likeness (QED) is 0.639. The molecule has 1 N–H and O–H groups in total. The molecule has 3 aromatic rings. The number of anilines is 1. The standard InChI is InChI=1S/C22H24N4OS/c1-16-8-4-5-11-19(16)28-15-21(27)23-18-10-7-9-17(14-18)22-25-24-20-12-3-2-6-13-26(20)22/h4-5,7-11,14H,2-3,6,12-13,15H2,1H3,(H,23,27). The fraction of sp³-hybridized carbons (Fsp3) is 0.318. The first-order valence-corrected chi connectivity index (χ1v) is 10.7. The second kappa shape index (κ2) is 8.61. The fourth-order valence-corrected chi connectivity index (χ4v) is 4.32. The van der Waals surface area contributed by atoms with Crippen molar-refractivity contribution < 1.29 is 4.79 Å². The maximum atomic E-state index is 12.4. The van der Waals surface area contributed by atoms with Gasteiger partial charge in [0, 0.05) is 29.1 Å². The Morgan fingerprint density at radius 2 is 2.00 bits per heavy atom. The number of thioether (sulfide) groups is 1. The number of benzene rings is 2. The highest BCUT2D eigenvalue weighted by Crippen LogP contribution is 2.26. The first kappa shape index (κ1) is 18.7. The van der Waals surface area contributed by atoms with Crippen LogP contribution < -0.4 is 5.32 Å². The third-order valence-electron chi connectivity index (χ3n) is 4.97. The van der Waals surface area contributed by atoms with Crippen LogP contribution in [0.4, 0.5) is 5.69 Å². The number of aromatic nitrogens is 3. The molecule has 28 heavy (non-hydrogen) atoms. The van der Waals surface area contributed by atoms with Gasteiger partial charge >= 0.3 is 0 Å². The molecule has 0 saturated heterocycles. The Morgan fingerprint density at radius 3 is 2.89 bits per heavy atom. The third kappa shape index (κ3) is 4.28. The lowest BCUT2D eigenvalue weighted by atomic mass is 10.2. The number of hydrogen-bond donors (Lipinski definition) is 1. The Balaban J connectivity index is 1.45. The van der Waals surface area contributed by atoms with Crippen LogP contribution >= 0.6 is 11.8 Å². The summed E-state index contributed by atoms with van der Waals surface area (Å²) in [5.41, 5.74) is 2.97. The van der Waals surface area contributed by atoms with Crippen molar-refractivity contribution in [1.29, 1.82) is 0 Å². The lowest BCUT2D eigenvalue weighted by Crippen LogP contribution is -2.14. The van der Waals surface area contributed by atoms with E-state index >= 15 is 0 Å². The Bertz CT molecular complexity index is 982. The molecule has 0 aliphatic carbocycles. The maximum Gasteiger partial charge on any atom is 0.234 e. The topological polar surface area (TPSA) is 59.8 Å².